The number of aliphatic carboxylic acids is 1. The molecule has 1 rings (SSSR count). The van der Waals surface area contributed by atoms with Gasteiger partial charge in [0.15, 0.2) is 11.5 Å². The van der Waals surface area contributed by atoms with Crippen molar-refractivity contribution in [3.63, 3.8) is 0 Å². The van der Waals surface area contributed by atoms with E-state index in [0.717, 1.165) is 0 Å². The number of ether oxygens (including phenoxy) is 6. The van der Waals surface area contributed by atoms with Crippen molar-refractivity contribution in [3.8, 4) is 11.5 Å². The van der Waals surface area contributed by atoms with Gasteiger partial charge in [-0.05, 0) is 65.7 Å². The molecule has 1 atom stereocenters. The van der Waals surface area contributed by atoms with E-state index in [1.165, 1.54) is 18.2 Å². The molecule has 0 radical (unpaired) electrons. The fourth-order valence-corrected chi connectivity index (χ4v) is 2.81. The molecule has 12 heteroatoms. The Morgan fingerprint density at radius 1 is 0.889 bits per heavy atom. The predicted molar refractivity (Wildman–Crippen MR) is 126 cm³/mol. The zero-order valence-electron chi connectivity index (χ0n) is 21.7. The maximum absolute atomic E-state index is 12.5. The molecule has 36 heavy (non-hydrogen) atoms. The lowest BCUT2D eigenvalue weighted by Gasteiger charge is -2.33. The molecule has 0 aliphatic rings. The summed E-state index contributed by atoms with van der Waals surface area (Å²) >= 11 is 0. The Kier molecular flexibility index (Phi) is 11.5. The van der Waals surface area contributed by atoms with Gasteiger partial charge in [0.25, 0.3) is 5.72 Å². The number of nitrogens with one attached hydrogen (secondary N) is 1. The van der Waals surface area contributed by atoms with Crippen molar-refractivity contribution >= 4 is 24.4 Å². The molecule has 0 aliphatic heterocycles. The summed E-state index contributed by atoms with van der Waals surface area (Å²) in [6.07, 6.45) is -3.22. The van der Waals surface area contributed by atoms with Crippen LogP contribution in [0.15, 0.2) is 18.2 Å². The molecule has 202 valence electrons. The van der Waals surface area contributed by atoms with E-state index in [9.17, 15) is 24.3 Å². The zero-order chi connectivity index (χ0) is 27.5. The van der Waals surface area contributed by atoms with Gasteiger partial charge >= 0.3 is 24.4 Å². The van der Waals surface area contributed by atoms with Crippen molar-refractivity contribution < 1.29 is 52.7 Å². The van der Waals surface area contributed by atoms with Crippen LogP contribution < -0.4 is 14.8 Å². The third kappa shape index (κ3) is 9.61. The Balaban J connectivity index is 3.41. The summed E-state index contributed by atoms with van der Waals surface area (Å²) < 4.78 is 30.3. The van der Waals surface area contributed by atoms with Crippen LogP contribution in [0.25, 0.3) is 0 Å². The predicted octanol–water partition coefficient (Wildman–Crippen LogP) is 4.42. The normalized spacial score (nSPS) is 12.8. The third-order valence-electron chi connectivity index (χ3n) is 4.71. The standard InChI is InChI=1S/C24H35NO11/c1-8-23(6,7)35-22(30)36-24(19(26)27,25-15(4)5)14-16-11-12-17(33-20(28)31-9-2)18(13-16)34-21(29)32-10-3/h11-13,15,25H,8-10,14H2,1-7H3,(H,26,27)/t24-/m0/s1. The molecule has 1 aromatic rings. The fraction of sp³-hybridized carbons (Fsp3) is 0.583. The topological polar surface area (TPSA) is 156 Å². The molecule has 0 bridgehead atoms. The van der Waals surface area contributed by atoms with Crippen LogP contribution in [0.1, 0.15) is 60.5 Å². The van der Waals surface area contributed by atoms with E-state index in [1.54, 1.807) is 48.5 Å². The van der Waals surface area contributed by atoms with Gasteiger partial charge < -0.3 is 33.5 Å². The smallest absolute Gasteiger partial charge is 0.477 e. The second-order valence-corrected chi connectivity index (χ2v) is 8.53. The highest BCUT2D eigenvalue weighted by atomic mass is 16.8. The summed E-state index contributed by atoms with van der Waals surface area (Å²) in [5.41, 5.74) is -2.87. The van der Waals surface area contributed by atoms with Crippen molar-refractivity contribution in [2.45, 2.75) is 78.7 Å². The van der Waals surface area contributed by atoms with E-state index in [1.807, 2.05) is 0 Å². The van der Waals surface area contributed by atoms with Crippen LogP contribution in [0.5, 0.6) is 11.5 Å². The van der Waals surface area contributed by atoms with Gasteiger partial charge in [-0.3, -0.25) is 5.32 Å². The Morgan fingerprint density at radius 2 is 1.44 bits per heavy atom. The van der Waals surface area contributed by atoms with Gasteiger partial charge in [0.2, 0.25) is 0 Å². The monoisotopic (exact) mass is 513 g/mol. The van der Waals surface area contributed by atoms with Gasteiger partial charge in [-0.25, -0.2) is 19.2 Å². The first kappa shape index (κ1) is 30.5. The molecule has 0 unspecified atom stereocenters. The third-order valence-corrected chi connectivity index (χ3v) is 4.71. The number of carbonyl (C=O) groups excluding carboxylic acids is 3. The summed E-state index contributed by atoms with van der Waals surface area (Å²) in [5.74, 6) is -1.90. The molecule has 0 saturated carbocycles. The summed E-state index contributed by atoms with van der Waals surface area (Å²) in [6, 6.07) is 3.53. The summed E-state index contributed by atoms with van der Waals surface area (Å²) in [4.78, 5) is 48.6. The van der Waals surface area contributed by atoms with Crippen molar-refractivity contribution in [1.29, 1.82) is 0 Å². The van der Waals surface area contributed by atoms with E-state index in [4.69, 9.17) is 28.4 Å². The summed E-state index contributed by atoms with van der Waals surface area (Å²) in [7, 11) is 0. The maximum Gasteiger partial charge on any atom is 0.513 e. The Labute approximate surface area is 210 Å². The first-order valence-corrected chi connectivity index (χ1v) is 11.5. The lowest BCUT2D eigenvalue weighted by Crippen LogP contribution is -2.59. The lowest BCUT2D eigenvalue weighted by atomic mass is 10.0. The van der Waals surface area contributed by atoms with Crippen LogP contribution >= 0.6 is 0 Å². The van der Waals surface area contributed by atoms with Crippen molar-refractivity contribution in [2.75, 3.05) is 13.2 Å². The minimum atomic E-state index is -2.24. The number of rotatable bonds is 12. The van der Waals surface area contributed by atoms with E-state index < -0.39 is 48.2 Å². The zero-order valence-corrected chi connectivity index (χ0v) is 21.7. The van der Waals surface area contributed by atoms with Gasteiger partial charge in [-0.2, -0.15) is 0 Å². The molecule has 12 nitrogen and oxygen atoms in total. The van der Waals surface area contributed by atoms with E-state index in [0.29, 0.717) is 6.42 Å². The van der Waals surface area contributed by atoms with E-state index in [2.05, 4.69) is 5.32 Å². The van der Waals surface area contributed by atoms with Gasteiger partial charge in [-0.1, -0.05) is 13.0 Å². The molecule has 1 aromatic carbocycles. The van der Waals surface area contributed by atoms with Crippen molar-refractivity contribution in [1.82, 2.24) is 5.32 Å². The maximum atomic E-state index is 12.5. The largest absolute Gasteiger partial charge is 0.513 e. The number of hydrogen-bond donors (Lipinski definition) is 2. The van der Waals surface area contributed by atoms with Crippen LogP contribution in [0.4, 0.5) is 14.4 Å². The average Bonchev–Trinajstić information content (AvgIpc) is 2.74. The van der Waals surface area contributed by atoms with Crippen molar-refractivity contribution in [2.24, 2.45) is 0 Å². The summed E-state index contributed by atoms with van der Waals surface area (Å²) in [5, 5.41) is 12.8. The number of benzene rings is 1. The molecule has 0 spiro atoms. The first-order chi connectivity index (χ1) is 16.8. The first-order valence-electron chi connectivity index (χ1n) is 11.5. The lowest BCUT2D eigenvalue weighted by molar-refractivity contribution is -0.169. The highest BCUT2D eigenvalue weighted by molar-refractivity contribution is 5.80. The quantitative estimate of drug-likeness (QED) is 0.176. The molecule has 2 N–H and O–H groups in total. The highest BCUT2D eigenvalue weighted by Crippen LogP contribution is 2.31. The van der Waals surface area contributed by atoms with E-state index in [-0.39, 0.29) is 30.3 Å². The number of carbonyl (C=O) groups is 4. The molecule has 0 aliphatic carbocycles. The Morgan fingerprint density at radius 3 is 1.92 bits per heavy atom. The second-order valence-electron chi connectivity index (χ2n) is 8.53. The molecular weight excluding hydrogens is 478 g/mol. The minimum absolute atomic E-state index is 0.0249. The molecule has 0 saturated heterocycles. The minimum Gasteiger partial charge on any atom is -0.477 e. The second kappa shape index (κ2) is 13.5. The van der Waals surface area contributed by atoms with Gasteiger partial charge in [0.1, 0.15) is 5.60 Å². The Hall–Kier alpha value is -3.54. The van der Waals surface area contributed by atoms with Crippen LogP contribution in [-0.2, 0) is 30.2 Å². The SMILES string of the molecule is CCOC(=O)Oc1ccc(C[C@](NC(C)C)(OC(=O)OC(C)(C)CC)C(=O)O)cc1OC(=O)OCC. The molecule has 0 amide bonds. The molecule has 0 heterocycles. The van der Waals surface area contributed by atoms with Gasteiger partial charge in [-0.15, -0.1) is 0 Å². The van der Waals surface area contributed by atoms with Crippen LogP contribution in [-0.4, -0.2) is 60.1 Å². The van der Waals surface area contributed by atoms with Gasteiger partial charge in [0, 0.05) is 12.5 Å². The Bertz CT molecular complexity index is 929. The van der Waals surface area contributed by atoms with Crippen LogP contribution in [0.3, 0.4) is 0 Å². The number of carboxylic acids is 1. The van der Waals surface area contributed by atoms with Crippen LogP contribution in [0.2, 0.25) is 0 Å². The molecule has 0 aromatic heterocycles. The average molecular weight is 514 g/mol. The van der Waals surface area contributed by atoms with Gasteiger partial charge in [0.05, 0.1) is 13.2 Å². The van der Waals surface area contributed by atoms with Crippen LogP contribution in [0, 0.1) is 0 Å². The molecule has 0 fully saturated rings. The van der Waals surface area contributed by atoms with Crippen molar-refractivity contribution in [3.05, 3.63) is 23.8 Å². The molecular formula is C24H35NO11. The fourth-order valence-electron chi connectivity index (χ4n) is 2.81. The number of hydrogen-bond acceptors (Lipinski definition) is 11. The highest BCUT2D eigenvalue weighted by Gasteiger charge is 2.45. The summed E-state index contributed by atoms with van der Waals surface area (Å²) in [6.45, 7) is 11.7. The number of carboxylic acid groups (broad SMARTS) is 1. The van der Waals surface area contributed by atoms with E-state index >= 15 is 0 Å².